The topological polar surface area (TPSA) is 69.4 Å². The molecule has 1 saturated heterocycles. The van der Waals surface area contributed by atoms with Crippen LogP contribution in [0.5, 0.6) is 5.88 Å². The van der Waals surface area contributed by atoms with Crippen LogP contribution < -0.4 is 15.8 Å². The lowest BCUT2D eigenvalue weighted by atomic mass is 10.1. The first-order valence-electron chi connectivity index (χ1n) is 6.87. The Hall–Kier alpha value is -1.49. The van der Waals surface area contributed by atoms with Crippen LogP contribution in [0.4, 0.5) is 11.5 Å². The quantitative estimate of drug-likeness (QED) is 0.855. The van der Waals surface area contributed by atoms with Crippen LogP contribution in [0.25, 0.3) is 0 Å². The molecule has 2 heterocycles. The molecule has 1 aromatic rings. The Balaban J connectivity index is 2.03. The number of nitrogens with two attached hydrogens (primary N) is 1. The minimum atomic E-state index is 0.0561. The van der Waals surface area contributed by atoms with Gasteiger partial charge in [-0.05, 0) is 45.7 Å². The van der Waals surface area contributed by atoms with Gasteiger partial charge in [-0.25, -0.2) is 0 Å². The van der Waals surface area contributed by atoms with Crippen molar-refractivity contribution in [1.82, 2.24) is 4.98 Å². The molecule has 0 bridgehead atoms. The van der Waals surface area contributed by atoms with Gasteiger partial charge in [-0.3, -0.25) is 0 Å². The highest BCUT2D eigenvalue weighted by Gasteiger charge is 2.22. The molecule has 2 atom stereocenters. The second-order valence-corrected chi connectivity index (χ2v) is 5.24. The Bertz CT molecular complexity index is 417. The predicted molar refractivity (Wildman–Crippen MR) is 76.5 cm³/mol. The molecule has 0 aromatic carbocycles. The number of aromatic nitrogens is 1. The third-order valence-electron chi connectivity index (χ3n) is 3.14. The number of anilines is 2. The predicted octanol–water partition coefficient (Wildman–Crippen LogP) is 2.43. The summed E-state index contributed by atoms with van der Waals surface area (Å²) in [4.78, 5) is 4.41. The van der Waals surface area contributed by atoms with E-state index in [9.17, 15) is 0 Å². The van der Waals surface area contributed by atoms with Gasteiger partial charge >= 0.3 is 0 Å². The molecule has 0 spiro atoms. The standard InChI is InChI=1S/C14H23N3O2/c1-9(2)19-14-11(15)6-7-13(17-14)16-10(3)12-5-4-8-18-12/h6-7,9-10,12H,4-5,8,15H2,1-3H3,(H,16,17). The second kappa shape index (κ2) is 6.10. The molecule has 1 aromatic heterocycles. The molecular formula is C14H23N3O2. The molecule has 3 N–H and O–H groups in total. The van der Waals surface area contributed by atoms with Gasteiger partial charge < -0.3 is 20.5 Å². The number of hydrogen-bond donors (Lipinski definition) is 2. The van der Waals surface area contributed by atoms with Crippen molar-refractivity contribution in [1.29, 1.82) is 0 Å². The number of hydrogen-bond acceptors (Lipinski definition) is 5. The van der Waals surface area contributed by atoms with Crippen LogP contribution in [0, 0.1) is 0 Å². The zero-order chi connectivity index (χ0) is 13.8. The number of ether oxygens (including phenoxy) is 2. The van der Waals surface area contributed by atoms with Crippen LogP contribution in [0.2, 0.25) is 0 Å². The van der Waals surface area contributed by atoms with Crippen LogP contribution >= 0.6 is 0 Å². The van der Waals surface area contributed by atoms with Crippen molar-refractivity contribution < 1.29 is 9.47 Å². The Morgan fingerprint density at radius 2 is 2.21 bits per heavy atom. The van der Waals surface area contributed by atoms with Gasteiger partial charge in [-0.2, -0.15) is 4.98 Å². The van der Waals surface area contributed by atoms with Crippen molar-refractivity contribution >= 4 is 11.5 Å². The van der Waals surface area contributed by atoms with Gasteiger partial charge in [0.25, 0.3) is 0 Å². The summed E-state index contributed by atoms with van der Waals surface area (Å²) in [6, 6.07) is 3.91. The highest BCUT2D eigenvalue weighted by molar-refractivity contribution is 5.54. The number of rotatable bonds is 5. The fraction of sp³-hybridized carbons (Fsp3) is 0.643. The van der Waals surface area contributed by atoms with Crippen LogP contribution in [-0.4, -0.2) is 29.8 Å². The van der Waals surface area contributed by atoms with Gasteiger partial charge in [0.05, 0.1) is 23.9 Å². The lowest BCUT2D eigenvalue weighted by Crippen LogP contribution is -2.30. The maximum absolute atomic E-state index is 5.85. The summed E-state index contributed by atoms with van der Waals surface area (Å²) < 4.78 is 11.2. The molecule has 0 radical (unpaired) electrons. The molecule has 5 nitrogen and oxygen atoms in total. The monoisotopic (exact) mass is 265 g/mol. The molecule has 0 amide bonds. The number of nitrogen functional groups attached to an aromatic ring is 1. The van der Waals surface area contributed by atoms with Crippen molar-refractivity contribution in [3.63, 3.8) is 0 Å². The van der Waals surface area contributed by atoms with E-state index >= 15 is 0 Å². The summed E-state index contributed by atoms with van der Waals surface area (Å²) in [5.74, 6) is 1.26. The molecule has 1 aliphatic heterocycles. The molecule has 5 heteroatoms. The fourth-order valence-electron chi connectivity index (χ4n) is 2.17. The van der Waals surface area contributed by atoms with E-state index in [2.05, 4.69) is 17.2 Å². The van der Waals surface area contributed by atoms with Crippen molar-refractivity contribution in [3.05, 3.63) is 12.1 Å². The molecule has 19 heavy (non-hydrogen) atoms. The van der Waals surface area contributed by atoms with E-state index in [-0.39, 0.29) is 18.2 Å². The van der Waals surface area contributed by atoms with Crippen LogP contribution in [-0.2, 0) is 4.74 Å². The van der Waals surface area contributed by atoms with E-state index in [4.69, 9.17) is 15.2 Å². The van der Waals surface area contributed by atoms with Gasteiger partial charge in [0.15, 0.2) is 0 Å². The van der Waals surface area contributed by atoms with E-state index < -0.39 is 0 Å². The molecular weight excluding hydrogens is 242 g/mol. The molecule has 1 aliphatic rings. The summed E-state index contributed by atoms with van der Waals surface area (Å²) in [5.41, 5.74) is 6.41. The Kier molecular flexibility index (Phi) is 4.47. The fourth-order valence-corrected chi connectivity index (χ4v) is 2.17. The SMILES string of the molecule is CC(C)Oc1nc(NC(C)C2CCCO2)ccc1N. The Morgan fingerprint density at radius 3 is 2.84 bits per heavy atom. The first-order chi connectivity index (χ1) is 9.06. The van der Waals surface area contributed by atoms with Crippen molar-refractivity contribution in [2.24, 2.45) is 0 Å². The van der Waals surface area contributed by atoms with E-state index in [0.717, 1.165) is 25.3 Å². The lowest BCUT2D eigenvalue weighted by molar-refractivity contribution is 0.0995. The Labute approximate surface area is 114 Å². The average molecular weight is 265 g/mol. The first kappa shape index (κ1) is 13.9. The van der Waals surface area contributed by atoms with E-state index in [0.29, 0.717) is 11.6 Å². The largest absolute Gasteiger partial charge is 0.473 e. The smallest absolute Gasteiger partial charge is 0.239 e. The summed E-state index contributed by atoms with van der Waals surface area (Å²) in [6.07, 6.45) is 2.54. The van der Waals surface area contributed by atoms with Gasteiger partial charge in [-0.15, -0.1) is 0 Å². The third kappa shape index (κ3) is 3.73. The van der Waals surface area contributed by atoms with Crippen LogP contribution in [0.15, 0.2) is 12.1 Å². The molecule has 2 rings (SSSR count). The molecule has 0 saturated carbocycles. The average Bonchev–Trinajstić information content (AvgIpc) is 2.86. The van der Waals surface area contributed by atoms with Crippen LogP contribution in [0.1, 0.15) is 33.6 Å². The van der Waals surface area contributed by atoms with Gasteiger partial charge in [0, 0.05) is 6.61 Å². The van der Waals surface area contributed by atoms with Crippen molar-refractivity contribution in [2.45, 2.75) is 51.9 Å². The van der Waals surface area contributed by atoms with Crippen LogP contribution in [0.3, 0.4) is 0 Å². The Morgan fingerprint density at radius 1 is 1.42 bits per heavy atom. The zero-order valence-electron chi connectivity index (χ0n) is 11.8. The normalized spacial score (nSPS) is 20.5. The maximum Gasteiger partial charge on any atom is 0.239 e. The first-order valence-corrected chi connectivity index (χ1v) is 6.87. The molecule has 106 valence electrons. The summed E-state index contributed by atoms with van der Waals surface area (Å²) in [6.45, 7) is 6.87. The summed E-state index contributed by atoms with van der Waals surface area (Å²) in [5, 5.41) is 3.35. The lowest BCUT2D eigenvalue weighted by Gasteiger charge is -2.21. The minimum Gasteiger partial charge on any atom is -0.473 e. The molecule has 2 unspecified atom stereocenters. The summed E-state index contributed by atoms with van der Waals surface area (Å²) >= 11 is 0. The summed E-state index contributed by atoms with van der Waals surface area (Å²) in [7, 11) is 0. The number of nitrogens with zero attached hydrogens (tertiary/aromatic N) is 1. The third-order valence-corrected chi connectivity index (χ3v) is 3.14. The van der Waals surface area contributed by atoms with Gasteiger partial charge in [0.1, 0.15) is 5.82 Å². The molecule has 1 fully saturated rings. The van der Waals surface area contributed by atoms with E-state index in [1.807, 2.05) is 26.0 Å². The van der Waals surface area contributed by atoms with Gasteiger partial charge in [0.2, 0.25) is 5.88 Å². The maximum atomic E-state index is 5.85. The van der Waals surface area contributed by atoms with Gasteiger partial charge in [-0.1, -0.05) is 0 Å². The zero-order valence-corrected chi connectivity index (χ0v) is 11.8. The highest BCUT2D eigenvalue weighted by atomic mass is 16.5. The number of pyridine rings is 1. The van der Waals surface area contributed by atoms with Crippen molar-refractivity contribution in [2.75, 3.05) is 17.7 Å². The highest BCUT2D eigenvalue weighted by Crippen LogP contribution is 2.24. The van der Waals surface area contributed by atoms with E-state index in [1.54, 1.807) is 0 Å². The number of nitrogens with one attached hydrogen (secondary N) is 1. The molecule has 0 aliphatic carbocycles. The minimum absolute atomic E-state index is 0.0561. The van der Waals surface area contributed by atoms with Crippen molar-refractivity contribution in [3.8, 4) is 5.88 Å². The second-order valence-electron chi connectivity index (χ2n) is 5.24. The van der Waals surface area contributed by atoms with E-state index in [1.165, 1.54) is 0 Å².